The van der Waals surface area contributed by atoms with Gasteiger partial charge in [0.2, 0.25) is 0 Å². The largest absolute Gasteiger partial charge is 0.353 e. The molecule has 0 aliphatic carbocycles. The molecule has 0 spiro atoms. The Kier molecular flexibility index (Phi) is 3.83. The van der Waals surface area contributed by atoms with Crippen molar-refractivity contribution >= 4 is 11.0 Å². The Morgan fingerprint density at radius 1 is 1.15 bits per heavy atom. The van der Waals surface area contributed by atoms with Gasteiger partial charge in [-0.3, -0.25) is 0 Å². The molecule has 4 nitrogen and oxygen atoms in total. The molecular formula is C16H20N4. The quantitative estimate of drug-likeness (QED) is 0.697. The zero-order valence-electron chi connectivity index (χ0n) is 11.8. The van der Waals surface area contributed by atoms with Gasteiger partial charge in [0, 0.05) is 32.0 Å². The van der Waals surface area contributed by atoms with Crippen molar-refractivity contribution in [2.45, 2.75) is 19.5 Å². The van der Waals surface area contributed by atoms with E-state index < -0.39 is 0 Å². The molecule has 3 rings (SSSR count). The molecule has 4 heteroatoms. The highest BCUT2D eigenvalue weighted by molar-refractivity contribution is 5.74. The van der Waals surface area contributed by atoms with E-state index in [1.54, 1.807) is 0 Å². The van der Waals surface area contributed by atoms with E-state index in [1.807, 2.05) is 12.4 Å². The molecule has 0 saturated carbocycles. The van der Waals surface area contributed by atoms with Crippen molar-refractivity contribution in [1.29, 1.82) is 0 Å². The number of aromatic nitrogens is 3. The number of rotatable bonds is 6. The number of fused-ring (bicyclic) bond motifs is 1. The third-order valence-electron chi connectivity index (χ3n) is 3.64. The number of benzene rings is 1. The number of nitrogens with zero attached hydrogens (tertiary/aromatic N) is 3. The first-order chi connectivity index (χ1) is 9.84. The summed E-state index contributed by atoms with van der Waals surface area (Å²) in [7, 11) is 2.08. The van der Waals surface area contributed by atoms with Gasteiger partial charge in [0.25, 0.3) is 0 Å². The Morgan fingerprint density at radius 3 is 2.90 bits per heavy atom. The van der Waals surface area contributed by atoms with Gasteiger partial charge in [-0.1, -0.05) is 12.1 Å². The molecule has 0 atom stereocenters. The van der Waals surface area contributed by atoms with Crippen LogP contribution in [0.5, 0.6) is 0 Å². The predicted octanol–water partition coefficient (Wildman–Crippen LogP) is 2.55. The van der Waals surface area contributed by atoms with Crippen LogP contribution in [0.25, 0.3) is 11.0 Å². The molecule has 1 N–H and O–H groups in total. The lowest BCUT2D eigenvalue weighted by Crippen LogP contribution is -2.17. The summed E-state index contributed by atoms with van der Waals surface area (Å²) in [6.07, 6.45) is 5.11. The Balaban J connectivity index is 1.47. The Bertz CT molecular complexity index is 680. The summed E-state index contributed by atoms with van der Waals surface area (Å²) >= 11 is 0. The van der Waals surface area contributed by atoms with Crippen LogP contribution in [0, 0.1) is 0 Å². The molecule has 0 bridgehead atoms. The fourth-order valence-electron chi connectivity index (χ4n) is 2.46. The average Bonchev–Trinajstić information content (AvgIpc) is 3.06. The third-order valence-corrected chi connectivity index (χ3v) is 3.64. The van der Waals surface area contributed by atoms with E-state index in [0.717, 1.165) is 31.6 Å². The number of imidazole rings is 1. The second-order valence-electron chi connectivity index (χ2n) is 5.07. The summed E-state index contributed by atoms with van der Waals surface area (Å²) in [4.78, 5) is 4.41. The fourth-order valence-corrected chi connectivity index (χ4v) is 2.46. The van der Waals surface area contributed by atoms with Gasteiger partial charge in [-0.05, 0) is 37.2 Å². The Labute approximate surface area is 119 Å². The molecule has 0 unspecified atom stereocenters. The first-order valence-electron chi connectivity index (χ1n) is 7.05. The molecule has 0 aliphatic heterocycles. The monoisotopic (exact) mass is 268 g/mol. The molecular weight excluding hydrogens is 248 g/mol. The molecule has 0 aliphatic rings. The zero-order valence-corrected chi connectivity index (χ0v) is 11.8. The molecule has 1 aromatic carbocycles. The lowest BCUT2D eigenvalue weighted by Gasteiger charge is -2.07. The lowest BCUT2D eigenvalue weighted by molar-refractivity contribution is 0.577. The lowest BCUT2D eigenvalue weighted by atomic mass is 10.3. The van der Waals surface area contributed by atoms with E-state index in [1.165, 1.54) is 11.2 Å². The summed E-state index contributed by atoms with van der Waals surface area (Å²) in [5.41, 5.74) is 3.61. The number of hydrogen-bond donors (Lipinski definition) is 1. The van der Waals surface area contributed by atoms with Crippen LogP contribution in [0.3, 0.4) is 0 Å². The molecule has 0 fully saturated rings. The van der Waals surface area contributed by atoms with Crippen LogP contribution < -0.4 is 5.32 Å². The maximum absolute atomic E-state index is 4.41. The molecule has 3 aromatic rings. The maximum Gasteiger partial charge on any atom is 0.0958 e. The summed E-state index contributed by atoms with van der Waals surface area (Å²) in [6.45, 7) is 2.94. The second kappa shape index (κ2) is 5.92. The number of para-hydroxylation sites is 2. The van der Waals surface area contributed by atoms with Crippen molar-refractivity contribution in [2.75, 3.05) is 6.54 Å². The molecule has 0 saturated heterocycles. The van der Waals surface area contributed by atoms with Gasteiger partial charge in [0.1, 0.15) is 0 Å². The standard InChI is InChI=1S/C16H20N4/c1-19-10-4-6-14(19)12-17-9-5-11-20-13-18-15-7-2-3-8-16(15)20/h2-4,6-8,10,13,17H,5,9,11-12H2,1H3. The highest BCUT2D eigenvalue weighted by Crippen LogP contribution is 2.11. The van der Waals surface area contributed by atoms with Gasteiger partial charge in [-0.15, -0.1) is 0 Å². The number of aryl methyl sites for hydroxylation is 2. The highest BCUT2D eigenvalue weighted by Gasteiger charge is 2.01. The Morgan fingerprint density at radius 2 is 2.05 bits per heavy atom. The van der Waals surface area contributed by atoms with E-state index in [-0.39, 0.29) is 0 Å². The van der Waals surface area contributed by atoms with E-state index in [2.05, 4.69) is 63.0 Å². The van der Waals surface area contributed by atoms with Crippen LogP contribution >= 0.6 is 0 Å². The summed E-state index contributed by atoms with van der Waals surface area (Å²) in [6, 6.07) is 12.5. The van der Waals surface area contributed by atoms with Crippen molar-refractivity contribution in [3.8, 4) is 0 Å². The third kappa shape index (κ3) is 2.75. The highest BCUT2D eigenvalue weighted by atomic mass is 15.0. The Hall–Kier alpha value is -2.07. The number of hydrogen-bond acceptors (Lipinski definition) is 2. The van der Waals surface area contributed by atoms with Crippen molar-refractivity contribution < 1.29 is 0 Å². The van der Waals surface area contributed by atoms with E-state index in [9.17, 15) is 0 Å². The molecule has 2 heterocycles. The van der Waals surface area contributed by atoms with Crippen molar-refractivity contribution in [3.05, 3.63) is 54.6 Å². The van der Waals surface area contributed by atoms with Crippen LogP contribution in [0.4, 0.5) is 0 Å². The van der Waals surface area contributed by atoms with Crippen molar-refractivity contribution in [2.24, 2.45) is 7.05 Å². The SMILES string of the molecule is Cn1cccc1CNCCCn1cnc2ccccc21. The summed E-state index contributed by atoms with van der Waals surface area (Å²) < 4.78 is 4.37. The first-order valence-corrected chi connectivity index (χ1v) is 7.05. The molecule has 0 amide bonds. The average molecular weight is 268 g/mol. The zero-order chi connectivity index (χ0) is 13.8. The minimum absolute atomic E-state index is 0.925. The first kappa shape index (κ1) is 12.9. The minimum Gasteiger partial charge on any atom is -0.353 e. The molecule has 104 valence electrons. The second-order valence-corrected chi connectivity index (χ2v) is 5.07. The minimum atomic E-state index is 0.925. The van der Waals surface area contributed by atoms with E-state index in [0.29, 0.717) is 0 Å². The van der Waals surface area contributed by atoms with Gasteiger partial charge >= 0.3 is 0 Å². The van der Waals surface area contributed by atoms with Crippen LogP contribution in [-0.2, 0) is 20.1 Å². The summed E-state index contributed by atoms with van der Waals surface area (Å²) in [5.74, 6) is 0. The van der Waals surface area contributed by atoms with Gasteiger partial charge in [-0.2, -0.15) is 0 Å². The predicted molar refractivity (Wildman–Crippen MR) is 81.5 cm³/mol. The van der Waals surface area contributed by atoms with Gasteiger partial charge in [0.05, 0.1) is 17.4 Å². The molecule has 20 heavy (non-hydrogen) atoms. The van der Waals surface area contributed by atoms with Crippen LogP contribution in [-0.4, -0.2) is 20.7 Å². The van der Waals surface area contributed by atoms with Crippen molar-refractivity contribution in [3.63, 3.8) is 0 Å². The van der Waals surface area contributed by atoms with Gasteiger partial charge in [-0.25, -0.2) is 4.98 Å². The van der Waals surface area contributed by atoms with Crippen molar-refractivity contribution in [1.82, 2.24) is 19.4 Å². The van der Waals surface area contributed by atoms with Crippen LogP contribution in [0.1, 0.15) is 12.1 Å². The van der Waals surface area contributed by atoms with E-state index in [4.69, 9.17) is 0 Å². The summed E-state index contributed by atoms with van der Waals surface area (Å²) in [5, 5.41) is 3.48. The fraction of sp³-hybridized carbons (Fsp3) is 0.312. The van der Waals surface area contributed by atoms with Crippen LogP contribution in [0.2, 0.25) is 0 Å². The molecule has 0 radical (unpaired) electrons. The topological polar surface area (TPSA) is 34.8 Å². The number of nitrogens with one attached hydrogen (secondary N) is 1. The normalized spacial score (nSPS) is 11.2. The smallest absolute Gasteiger partial charge is 0.0958 e. The van der Waals surface area contributed by atoms with Gasteiger partial charge < -0.3 is 14.5 Å². The van der Waals surface area contributed by atoms with Crippen LogP contribution in [0.15, 0.2) is 48.9 Å². The maximum atomic E-state index is 4.41. The molecule has 2 aromatic heterocycles. The van der Waals surface area contributed by atoms with E-state index >= 15 is 0 Å². The van der Waals surface area contributed by atoms with Gasteiger partial charge in [0.15, 0.2) is 0 Å².